The van der Waals surface area contributed by atoms with Gasteiger partial charge in [0.15, 0.2) is 12.4 Å². The van der Waals surface area contributed by atoms with Crippen molar-refractivity contribution in [1.82, 2.24) is 10.2 Å². The lowest BCUT2D eigenvalue weighted by atomic mass is 10.2. The van der Waals surface area contributed by atoms with Gasteiger partial charge in [-0.05, 0) is 33.8 Å². The van der Waals surface area contributed by atoms with Crippen LogP contribution in [-0.4, -0.2) is 47.2 Å². The molecule has 0 unspecified atom stereocenters. The van der Waals surface area contributed by atoms with Gasteiger partial charge in [-0.2, -0.15) is 4.57 Å². The Morgan fingerprint density at radius 3 is 2.48 bits per heavy atom. The molecular formula is C16H25IN4O6. The maximum absolute atomic E-state index is 12.2. The first kappa shape index (κ1) is 24.8. The van der Waals surface area contributed by atoms with Crippen LogP contribution in [0.4, 0.5) is 4.79 Å². The third-order valence-electron chi connectivity index (χ3n) is 3.37. The van der Waals surface area contributed by atoms with E-state index in [1.165, 1.54) is 6.20 Å². The third-order valence-corrected chi connectivity index (χ3v) is 3.37. The number of halogens is 1. The summed E-state index contributed by atoms with van der Waals surface area (Å²) in [5.41, 5.74) is 0.328. The van der Waals surface area contributed by atoms with E-state index in [1.807, 2.05) is 27.7 Å². The number of rotatable bonds is 9. The number of carbonyl (C=O) groups is 2. The largest absolute Gasteiger partial charge is 1.00 e. The lowest BCUT2D eigenvalue weighted by Gasteiger charge is -2.28. The van der Waals surface area contributed by atoms with Gasteiger partial charge < -0.3 is 43.8 Å². The van der Waals surface area contributed by atoms with Crippen molar-refractivity contribution < 1.29 is 52.8 Å². The molecule has 0 spiro atoms. The van der Waals surface area contributed by atoms with E-state index >= 15 is 0 Å². The fraction of sp³-hybridized carbons (Fsp3) is 0.562. The molecule has 11 heteroatoms. The predicted octanol–water partition coefficient (Wildman–Crippen LogP) is -1.87. The summed E-state index contributed by atoms with van der Waals surface area (Å²) < 4.78 is 6.85. The van der Waals surface area contributed by atoms with Gasteiger partial charge in [0.25, 0.3) is 17.7 Å². The second-order valence-electron chi connectivity index (χ2n) is 6.05. The Hall–Kier alpha value is -2.18. The van der Waals surface area contributed by atoms with Crippen molar-refractivity contribution in [3.8, 4) is 0 Å². The van der Waals surface area contributed by atoms with Gasteiger partial charge in [0.05, 0.1) is 0 Å². The topological polar surface area (TPSA) is 115 Å². The molecule has 2 amide bonds. The van der Waals surface area contributed by atoms with E-state index < -0.39 is 17.1 Å². The monoisotopic (exact) mass is 496 g/mol. The zero-order valence-electron chi connectivity index (χ0n) is 15.8. The Kier molecular flexibility index (Phi) is 11.3. The highest BCUT2D eigenvalue weighted by atomic mass is 127. The molecule has 0 aliphatic heterocycles. The molecule has 0 saturated carbocycles. The first-order chi connectivity index (χ1) is 12.2. The van der Waals surface area contributed by atoms with Crippen molar-refractivity contribution in [2.24, 2.45) is 0 Å². The lowest BCUT2D eigenvalue weighted by Crippen LogP contribution is -3.00. The molecule has 1 aromatic heterocycles. The van der Waals surface area contributed by atoms with Crippen LogP contribution in [0.5, 0.6) is 0 Å². The number of hydrogen-bond donors (Lipinski definition) is 1. The minimum atomic E-state index is -0.922. The van der Waals surface area contributed by atoms with Gasteiger partial charge in [0.2, 0.25) is 0 Å². The molecule has 27 heavy (non-hydrogen) atoms. The van der Waals surface area contributed by atoms with E-state index in [2.05, 4.69) is 10.2 Å². The van der Waals surface area contributed by atoms with E-state index in [1.54, 1.807) is 27.8 Å². The van der Waals surface area contributed by atoms with Crippen molar-refractivity contribution in [3.63, 3.8) is 0 Å². The van der Waals surface area contributed by atoms with Crippen LogP contribution in [0.3, 0.4) is 0 Å². The van der Waals surface area contributed by atoms with E-state index in [9.17, 15) is 19.7 Å². The number of ether oxygens (including phenoxy) is 1. The number of aromatic nitrogens is 1. The Morgan fingerprint density at radius 1 is 1.30 bits per heavy atom. The molecule has 1 heterocycles. The van der Waals surface area contributed by atoms with Gasteiger partial charge in [-0.3, -0.25) is 4.79 Å². The summed E-state index contributed by atoms with van der Waals surface area (Å²) in [6.45, 7) is 7.35. The normalized spacial score (nSPS) is 10.1. The molecule has 1 aromatic rings. The molecular weight excluding hydrogens is 471 g/mol. The number of pyridine rings is 1. The van der Waals surface area contributed by atoms with Crippen molar-refractivity contribution in [2.75, 3.05) is 13.2 Å². The summed E-state index contributed by atoms with van der Waals surface area (Å²) in [7, 11) is 0. The molecule has 1 N–H and O–H groups in total. The van der Waals surface area contributed by atoms with Gasteiger partial charge in [-0.15, -0.1) is 10.1 Å². The zero-order valence-corrected chi connectivity index (χ0v) is 17.9. The summed E-state index contributed by atoms with van der Waals surface area (Å²) in [5, 5.41) is 11.6. The van der Waals surface area contributed by atoms with Crippen LogP contribution in [0.1, 0.15) is 38.1 Å². The Labute approximate surface area is 174 Å². The smallest absolute Gasteiger partial charge is 0.415 e. The van der Waals surface area contributed by atoms with E-state index in [0.717, 1.165) is 0 Å². The van der Waals surface area contributed by atoms with E-state index in [0.29, 0.717) is 5.56 Å². The lowest BCUT2D eigenvalue weighted by molar-refractivity contribution is -0.757. The molecule has 10 nitrogen and oxygen atoms in total. The first-order valence-electron chi connectivity index (χ1n) is 8.22. The average Bonchev–Trinajstić information content (AvgIpc) is 2.56. The molecule has 0 bridgehead atoms. The van der Waals surface area contributed by atoms with Gasteiger partial charge >= 0.3 is 6.09 Å². The van der Waals surface area contributed by atoms with Crippen molar-refractivity contribution in [2.45, 2.75) is 46.5 Å². The second kappa shape index (κ2) is 12.3. The summed E-state index contributed by atoms with van der Waals surface area (Å²) >= 11 is 0. The van der Waals surface area contributed by atoms with Crippen LogP contribution in [-0.2, 0) is 16.3 Å². The second-order valence-corrected chi connectivity index (χ2v) is 6.05. The number of hydrogen-bond acceptors (Lipinski definition) is 6. The van der Waals surface area contributed by atoms with Crippen molar-refractivity contribution in [3.05, 3.63) is 40.2 Å². The molecule has 0 radical (unpaired) electrons. The minimum absolute atomic E-state index is 0. The first-order valence-corrected chi connectivity index (χ1v) is 8.22. The highest BCUT2D eigenvalue weighted by Gasteiger charge is 2.22. The molecule has 0 fully saturated rings. The van der Waals surface area contributed by atoms with Gasteiger partial charge in [0, 0.05) is 24.7 Å². The average molecular weight is 496 g/mol. The molecule has 0 saturated heterocycles. The standard InChI is InChI=1S/C16H24N4O6.HI/c1-12(2)19(13(3)4)16(22)25-11-18-8-5-6-14(10-18)15(21)17-7-9-26-20(23)24;/h5-6,8,10,12-13H,7,9,11H2,1-4H3;1H. The van der Waals surface area contributed by atoms with Crippen molar-refractivity contribution in [1.29, 1.82) is 0 Å². The van der Waals surface area contributed by atoms with Crippen LogP contribution in [0.25, 0.3) is 0 Å². The van der Waals surface area contributed by atoms with Crippen molar-refractivity contribution >= 4 is 12.0 Å². The SMILES string of the molecule is CC(C)N(C(=O)OC[n+]1cccc(C(=O)NCCO[N+](=O)[O-])c1)C(C)C.[I-]. The summed E-state index contributed by atoms with van der Waals surface area (Å²) in [6.07, 6.45) is 2.75. The summed E-state index contributed by atoms with van der Waals surface area (Å²) in [5.74, 6) is -0.413. The summed E-state index contributed by atoms with van der Waals surface area (Å²) in [6, 6.07) is 3.23. The fourth-order valence-electron chi connectivity index (χ4n) is 2.35. The maximum Gasteiger partial charge on any atom is 0.415 e. The highest BCUT2D eigenvalue weighted by Crippen LogP contribution is 2.07. The molecule has 152 valence electrons. The quantitative estimate of drug-likeness (QED) is 0.141. The molecule has 0 atom stereocenters. The van der Waals surface area contributed by atoms with Crippen LogP contribution in [0.15, 0.2) is 24.5 Å². The predicted molar refractivity (Wildman–Crippen MR) is 90.5 cm³/mol. The minimum Gasteiger partial charge on any atom is -1.00 e. The maximum atomic E-state index is 12.2. The van der Waals surface area contributed by atoms with Crippen LogP contribution < -0.4 is 33.9 Å². The molecule has 0 aliphatic carbocycles. The number of nitrogens with one attached hydrogen (secondary N) is 1. The van der Waals surface area contributed by atoms with Crippen LogP contribution in [0, 0.1) is 10.1 Å². The Balaban J connectivity index is 0.00000676. The molecule has 0 aromatic carbocycles. The third kappa shape index (κ3) is 8.84. The fourth-order valence-corrected chi connectivity index (χ4v) is 2.35. The van der Waals surface area contributed by atoms with Crippen LogP contribution >= 0.6 is 0 Å². The number of amides is 2. The van der Waals surface area contributed by atoms with Gasteiger partial charge in [0.1, 0.15) is 12.2 Å². The highest BCUT2D eigenvalue weighted by molar-refractivity contribution is 5.93. The zero-order chi connectivity index (χ0) is 19.7. The Bertz CT molecular complexity index is 633. The van der Waals surface area contributed by atoms with Gasteiger partial charge in [-0.25, -0.2) is 4.79 Å². The molecule has 0 aliphatic rings. The van der Waals surface area contributed by atoms with Gasteiger partial charge in [-0.1, -0.05) is 0 Å². The number of carbonyl (C=O) groups excluding carboxylic acids is 2. The van der Waals surface area contributed by atoms with E-state index in [-0.39, 0.29) is 55.9 Å². The Morgan fingerprint density at radius 2 is 1.93 bits per heavy atom. The molecule has 1 rings (SSSR count). The number of nitrogens with zero attached hydrogens (tertiary/aromatic N) is 3. The summed E-state index contributed by atoms with van der Waals surface area (Å²) in [4.78, 5) is 40.0. The van der Waals surface area contributed by atoms with Crippen LogP contribution in [0.2, 0.25) is 0 Å². The van der Waals surface area contributed by atoms with E-state index in [4.69, 9.17) is 4.74 Å².